The first-order chi connectivity index (χ1) is 8.78. The van der Waals surface area contributed by atoms with Gasteiger partial charge in [0.25, 0.3) is 0 Å². The van der Waals surface area contributed by atoms with Gasteiger partial charge in [-0.2, -0.15) is 0 Å². The molecule has 0 aliphatic carbocycles. The molecular formula is C17H30ClN. The number of halogens is 1. The Morgan fingerprint density at radius 2 is 1.32 bits per heavy atom. The van der Waals surface area contributed by atoms with Crippen LogP contribution in [0.3, 0.4) is 0 Å². The normalized spacial score (nSPS) is 9.26. The average Bonchev–Trinajstić information content (AvgIpc) is 2.41. The molecule has 1 nitrogen and oxygen atoms in total. The van der Waals surface area contributed by atoms with E-state index in [2.05, 4.69) is 32.3 Å². The minimum Gasteiger partial charge on any atom is -0.303 e. The van der Waals surface area contributed by atoms with Crippen molar-refractivity contribution >= 4 is 18.5 Å². The summed E-state index contributed by atoms with van der Waals surface area (Å²) in [7, 11) is 0. The van der Waals surface area contributed by atoms with E-state index in [0.29, 0.717) is 0 Å². The van der Waals surface area contributed by atoms with Gasteiger partial charge in [0.1, 0.15) is 0 Å². The predicted octanol–water partition coefficient (Wildman–Crippen LogP) is 5.27. The van der Waals surface area contributed by atoms with Crippen LogP contribution in [0, 0.1) is 0 Å². The van der Waals surface area contributed by atoms with Crippen molar-refractivity contribution in [3.63, 3.8) is 0 Å². The zero-order valence-electron chi connectivity index (χ0n) is 12.8. The number of benzene rings is 1. The van der Waals surface area contributed by atoms with Gasteiger partial charge in [0.15, 0.2) is 0 Å². The molecule has 110 valence electrons. The molecular weight excluding hydrogens is 254 g/mol. The highest BCUT2D eigenvalue weighted by molar-refractivity contribution is 5.85. The first-order valence-electron chi connectivity index (χ1n) is 7.18. The lowest BCUT2D eigenvalue weighted by Crippen LogP contribution is -2.25. The largest absolute Gasteiger partial charge is 0.303 e. The Balaban J connectivity index is 0. The van der Waals surface area contributed by atoms with E-state index in [1.54, 1.807) is 0 Å². The molecule has 2 heteroatoms. The molecule has 0 heterocycles. The van der Waals surface area contributed by atoms with Gasteiger partial charge in [-0.05, 0) is 44.5 Å². The van der Waals surface area contributed by atoms with Crippen LogP contribution in [0.15, 0.2) is 36.9 Å². The molecule has 0 bridgehead atoms. The molecule has 0 N–H and O–H groups in total. The van der Waals surface area contributed by atoms with Crippen molar-refractivity contribution in [3.8, 4) is 0 Å². The zero-order chi connectivity index (χ0) is 13.6. The highest BCUT2D eigenvalue weighted by Crippen LogP contribution is 1.97. The molecule has 0 saturated heterocycles. The summed E-state index contributed by atoms with van der Waals surface area (Å²) in [6.45, 7) is 14.2. The van der Waals surface area contributed by atoms with E-state index < -0.39 is 0 Å². The Morgan fingerprint density at radius 3 is 1.58 bits per heavy atom. The minimum atomic E-state index is 0. The molecule has 0 aromatic heterocycles. The van der Waals surface area contributed by atoms with E-state index in [-0.39, 0.29) is 12.4 Å². The SMILES string of the molecule is C=Cc1ccccc1.CCCN(CCC)CCC.Cl. The van der Waals surface area contributed by atoms with Crippen LogP contribution in [0.2, 0.25) is 0 Å². The highest BCUT2D eigenvalue weighted by Gasteiger charge is 1.98. The average molecular weight is 284 g/mol. The van der Waals surface area contributed by atoms with Gasteiger partial charge in [0, 0.05) is 0 Å². The van der Waals surface area contributed by atoms with Gasteiger partial charge in [-0.15, -0.1) is 12.4 Å². The third-order valence-corrected chi connectivity index (χ3v) is 2.65. The topological polar surface area (TPSA) is 3.24 Å². The second-order valence-electron chi connectivity index (χ2n) is 4.46. The Labute approximate surface area is 126 Å². The van der Waals surface area contributed by atoms with E-state index >= 15 is 0 Å². The molecule has 1 aromatic carbocycles. The van der Waals surface area contributed by atoms with Crippen molar-refractivity contribution in [2.24, 2.45) is 0 Å². The standard InChI is InChI=1S/C9H21N.C8H8.ClH/c1-4-7-10(8-5-2)9-6-3;1-2-8-6-4-3-5-7-8;/h4-9H2,1-3H3;2-7H,1H2;1H. The molecule has 1 aromatic rings. The van der Waals surface area contributed by atoms with Crippen LogP contribution in [0.1, 0.15) is 45.6 Å². The van der Waals surface area contributed by atoms with E-state index in [1.807, 2.05) is 36.4 Å². The van der Waals surface area contributed by atoms with Crippen molar-refractivity contribution in [3.05, 3.63) is 42.5 Å². The van der Waals surface area contributed by atoms with Gasteiger partial charge in [0.2, 0.25) is 0 Å². The molecule has 0 spiro atoms. The summed E-state index contributed by atoms with van der Waals surface area (Å²) < 4.78 is 0. The van der Waals surface area contributed by atoms with Gasteiger partial charge >= 0.3 is 0 Å². The molecule has 0 atom stereocenters. The third-order valence-electron chi connectivity index (χ3n) is 2.65. The first kappa shape index (κ1) is 20.5. The Kier molecular flexibility index (Phi) is 16.5. The smallest absolute Gasteiger partial charge is 0.00214 e. The van der Waals surface area contributed by atoms with E-state index in [1.165, 1.54) is 44.5 Å². The van der Waals surface area contributed by atoms with Crippen molar-refractivity contribution in [2.75, 3.05) is 19.6 Å². The predicted molar refractivity (Wildman–Crippen MR) is 91.1 cm³/mol. The second kappa shape index (κ2) is 15.3. The van der Waals surface area contributed by atoms with Crippen molar-refractivity contribution in [1.29, 1.82) is 0 Å². The summed E-state index contributed by atoms with van der Waals surface area (Å²) in [6.07, 6.45) is 5.71. The lowest BCUT2D eigenvalue weighted by atomic mass is 10.2. The summed E-state index contributed by atoms with van der Waals surface area (Å²) in [5, 5.41) is 0. The van der Waals surface area contributed by atoms with Crippen LogP contribution >= 0.6 is 12.4 Å². The Bertz CT molecular complexity index is 270. The van der Waals surface area contributed by atoms with Crippen LogP contribution in [-0.2, 0) is 0 Å². The fourth-order valence-corrected chi connectivity index (χ4v) is 1.87. The third kappa shape index (κ3) is 12.0. The van der Waals surface area contributed by atoms with Crippen LogP contribution in [0.25, 0.3) is 6.08 Å². The maximum atomic E-state index is 3.63. The number of hydrogen-bond acceptors (Lipinski definition) is 1. The summed E-state index contributed by atoms with van der Waals surface area (Å²) in [4.78, 5) is 2.54. The first-order valence-corrected chi connectivity index (χ1v) is 7.18. The molecule has 0 radical (unpaired) electrons. The second-order valence-corrected chi connectivity index (χ2v) is 4.46. The quantitative estimate of drug-likeness (QED) is 0.659. The number of hydrogen-bond donors (Lipinski definition) is 0. The fraction of sp³-hybridized carbons (Fsp3) is 0.529. The highest BCUT2D eigenvalue weighted by atomic mass is 35.5. The van der Waals surface area contributed by atoms with Crippen LogP contribution in [-0.4, -0.2) is 24.5 Å². The molecule has 1 rings (SSSR count). The van der Waals surface area contributed by atoms with E-state index in [4.69, 9.17) is 0 Å². The lowest BCUT2D eigenvalue weighted by Gasteiger charge is -2.19. The summed E-state index contributed by atoms with van der Waals surface area (Å²) in [5.41, 5.74) is 1.17. The molecule has 0 fully saturated rings. The molecule has 0 saturated carbocycles. The van der Waals surface area contributed by atoms with Crippen LogP contribution < -0.4 is 0 Å². The molecule has 0 aliphatic rings. The van der Waals surface area contributed by atoms with E-state index in [0.717, 1.165) is 0 Å². The van der Waals surface area contributed by atoms with Gasteiger partial charge in [0.05, 0.1) is 0 Å². The monoisotopic (exact) mass is 283 g/mol. The maximum Gasteiger partial charge on any atom is -0.00214 e. The maximum absolute atomic E-state index is 3.63. The van der Waals surface area contributed by atoms with Crippen LogP contribution in [0.5, 0.6) is 0 Å². The molecule has 0 unspecified atom stereocenters. The molecule has 0 amide bonds. The summed E-state index contributed by atoms with van der Waals surface area (Å²) >= 11 is 0. The molecule has 0 aliphatic heterocycles. The number of rotatable bonds is 7. The van der Waals surface area contributed by atoms with Gasteiger partial charge < -0.3 is 4.90 Å². The van der Waals surface area contributed by atoms with Gasteiger partial charge in [-0.3, -0.25) is 0 Å². The molecule has 19 heavy (non-hydrogen) atoms. The Morgan fingerprint density at radius 1 is 0.895 bits per heavy atom. The lowest BCUT2D eigenvalue weighted by molar-refractivity contribution is 0.275. The number of nitrogens with zero attached hydrogens (tertiary/aromatic N) is 1. The summed E-state index contributed by atoms with van der Waals surface area (Å²) in [5.74, 6) is 0. The van der Waals surface area contributed by atoms with Gasteiger partial charge in [-0.25, -0.2) is 0 Å². The van der Waals surface area contributed by atoms with Crippen molar-refractivity contribution < 1.29 is 0 Å². The van der Waals surface area contributed by atoms with Gasteiger partial charge in [-0.1, -0.05) is 63.8 Å². The van der Waals surface area contributed by atoms with Crippen molar-refractivity contribution in [2.45, 2.75) is 40.0 Å². The zero-order valence-corrected chi connectivity index (χ0v) is 13.6. The van der Waals surface area contributed by atoms with E-state index in [9.17, 15) is 0 Å². The summed E-state index contributed by atoms with van der Waals surface area (Å²) in [6, 6.07) is 10.0. The van der Waals surface area contributed by atoms with Crippen molar-refractivity contribution in [1.82, 2.24) is 4.90 Å². The minimum absolute atomic E-state index is 0. The van der Waals surface area contributed by atoms with Crippen LogP contribution in [0.4, 0.5) is 0 Å². The Hall–Kier alpha value is -0.790. The fourth-order valence-electron chi connectivity index (χ4n) is 1.87.